The third-order valence-corrected chi connectivity index (χ3v) is 4.35. The van der Waals surface area contributed by atoms with E-state index in [1.54, 1.807) is 19.2 Å². The number of hydrogen-bond donors (Lipinski definition) is 0. The maximum atomic E-state index is 13.4. The van der Waals surface area contributed by atoms with Crippen molar-refractivity contribution >= 4 is 33.7 Å². The number of Topliss-reactive ketones (excluding diaryl/α,β-unsaturated/α-hetero) is 1. The summed E-state index contributed by atoms with van der Waals surface area (Å²) in [6.45, 7) is 0. The molecule has 0 aliphatic heterocycles. The van der Waals surface area contributed by atoms with E-state index in [1.165, 1.54) is 0 Å². The average Bonchev–Trinajstić information content (AvgIpc) is 2.64. The molecule has 0 spiro atoms. The second-order valence-corrected chi connectivity index (χ2v) is 6.64. The van der Waals surface area contributed by atoms with Crippen LogP contribution in [0.1, 0.15) is 15.9 Å². The predicted molar refractivity (Wildman–Crippen MR) is 108 cm³/mol. The van der Waals surface area contributed by atoms with Crippen molar-refractivity contribution in [3.63, 3.8) is 0 Å². The van der Waals surface area contributed by atoms with Crippen molar-refractivity contribution in [1.82, 2.24) is 4.90 Å². The number of nitrogens with zero attached hydrogens (tertiary/aromatic N) is 1. The summed E-state index contributed by atoms with van der Waals surface area (Å²) >= 11 is 6.14. The van der Waals surface area contributed by atoms with E-state index in [0.29, 0.717) is 16.2 Å². The Morgan fingerprint density at radius 2 is 1.73 bits per heavy atom. The molecule has 0 bridgehead atoms. The van der Waals surface area contributed by atoms with Crippen LogP contribution in [-0.4, -0.2) is 31.9 Å². The fourth-order valence-electron chi connectivity index (χ4n) is 2.97. The summed E-state index contributed by atoms with van der Waals surface area (Å²) in [5.74, 6) is 0.692. The lowest BCUT2D eigenvalue weighted by Crippen LogP contribution is -2.10. The second-order valence-electron chi connectivity index (χ2n) is 6.21. The number of carbonyl (C=O) groups excluding carboxylic acids is 1. The summed E-state index contributed by atoms with van der Waals surface area (Å²) in [5.41, 5.74) is 2.01. The quantitative estimate of drug-likeness (QED) is 0.454. The molecule has 0 radical (unpaired) electrons. The second kappa shape index (κ2) is 7.63. The lowest BCUT2D eigenvalue weighted by Gasteiger charge is -2.14. The fraction of sp³-hybridized carbons (Fsp3) is 0.136. The van der Waals surface area contributed by atoms with E-state index in [0.717, 1.165) is 22.1 Å². The maximum Gasteiger partial charge on any atom is 0.195 e. The molecule has 3 aromatic rings. The van der Waals surface area contributed by atoms with Crippen molar-refractivity contribution in [3.8, 4) is 5.75 Å². The number of carbonyl (C=O) groups is 1. The average molecular weight is 366 g/mol. The zero-order valence-corrected chi connectivity index (χ0v) is 15.7. The third kappa shape index (κ3) is 3.58. The van der Waals surface area contributed by atoms with Crippen LogP contribution in [0.4, 0.5) is 0 Å². The van der Waals surface area contributed by atoms with Crippen LogP contribution in [0.5, 0.6) is 5.75 Å². The summed E-state index contributed by atoms with van der Waals surface area (Å²) in [6.07, 6.45) is 1.83. The first-order valence-corrected chi connectivity index (χ1v) is 8.63. The van der Waals surface area contributed by atoms with Crippen LogP contribution in [0.3, 0.4) is 0 Å². The minimum atomic E-state index is -0.0557. The summed E-state index contributed by atoms with van der Waals surface area (Å²) in [6, 6.07) is 18.8. The van der Waals surface area contributed by atoms with E-state index in [2.05, 4.69) is 0 Å². The van der Waals surface area contributed by atoms with Crippen LogP contribution in [0, 0.1) is 0 Å². The van der Waals surface area contributed by atoms with Gasteiger partial charge >= 0.3 is 0 Å². The van der Waals surface area contributed by atoms with Crippen LogP contribution < -0.4 is 4.74 Å². The third-order valence-electron chi connectivity index (χ3n) is 4.12. The zero-order valence-electron chi connectivity index (χ0n) is 15.0. The number of halogens is 1. The minimum Gasteiger partial charge on any atom is -0.496 e. The Hall–Kier alpha value is -2.78. The molecule has 0 amide bonds. The van der Waals surface area contributed by atoms with Gasteiger partial charge in [0.2, 0.25) is 0 Å². The van der Waals surface area contributed by atoms with E-state index >= 15 is 0 Å². The summed E-state index contributed by atoms with van der Waals surface area (Å²) in [7, 11) is 5.42. The molecule has 4 heteroatoms. The van der Waals surface area contributed by atoms with Crippen LogP contribution in [0.2, 0.25) is 5.02 Å². The molecule has 132 valence electrons. The first-order valence-electron chi connectivity index (χ1n) is 8.26. The first kappa shape index (κ1) is 18.0. The van der Waals surface area contributed by atoms with Crippen LogP contribution in [-0.2, 0) is 0 Å². The molecule has 0 heterocycles. The zero-order chi connectivity index (χ0) is 18.7. The number of methoxy groups -OCH3 is 1. The molecule has 3 rings (SSSR count). The van der Waals surface area contributed by atoms with Crippen LogP contribution in [0.15, 0.2) is 66.9 Å². The Morgan fingerprint density at radius 3 is 2.38 bits per heavy atom. The number of benzene rings is 3. The number of allylic oxidation sites excluding steroid dienone is 1. The van der Waals surface area contributed by atoms with Gasteiger partial charge in [-0.3, -0.25) is 4.79 Å². The number of hydrogen-bond acceptors (Lipinski definition) is 3. The Kier molecular flexibility index (Phi) is 5.29. The molecule has 0 aromatic heterocycles. The maximum absolute atomic E-state index is 13.4. The number of ether oxygens (including phenoxy) is 1. The lowest BCUT2D eigenvalue weighted by atomic mass is 9.93. The van der Waals surface area contributed by atoms with Crippen molar-refractivity contribution in [2.75, 3.05) is 21.2 Å². The van der Waals surface area contributed by atoms with Crippen molar-refractivity contribution in [2.45, 2.75) is 0 Å². The molecule has 3 nitrogen and oxygen atoms in total. The van der Waals surface area contributed by atoms with Gasteiger partial charge in [0.1, 0.15) is 5.75 Å². The van der Waals surface area contributed by atoms with E-state index < -0.39 is 0 Å². The molecular weight excluding hydrogens is 346 g/mol. The topological polar surface area (TPSA) is 29.5 Å². The monoisotopic (exact) mass is 365 g/mol. The number of ketones is 1. The standard InChI is InChI=1S/C22H20ClNO2/c1-24(2)14-20(15-7-6-8-16(23)13-15)22(25)19-11-12-21(26-3)18-10-5-4-9-17(18)19/h4-14H,1-3H3/b20-14+. The van der Waals surface area contributed by atoms with Gasteiger partial charge in [-0.15, -0.1) is 0 Å². The Balaban J connectivity index is 2.19. The van der Waals surface area contributed by atoms with Gasteiger partial charge in [-0.25, -0.2) is 0 Å². The highest BCUT2D eigenvalue weighted by Gasteiger charge is 2.19. The Morgan fingerprint density at radius 1 is 1.00 bits per heavy atom. The minimum absolute atomic E-state index is 0.0557. The Bertz CT molecular complexity index is 992. The number of fused-ring (bicyclic) bond motifs is 1. The van der Waals surface area contributed by atoms with Crippen molar-refractivity contribution in [2.24, 2.45) is 0 Å². The molecule has 0 aliphatic rings. The molecule has 0 fully saturated rings. The van der Waals surface area contributed by atoms with E-state index in [-0.39, 0.29) is 5.78 Å². The van der Waals surface area contributed by atoms with Gasteiger partial charge in [0.15, 0.2) is 5.78 Å². The fourth-order valence-corrected chi connectivity index (χ4v) is 3.16. The molecule has 0 atom stereocenters. The van der Waals surface area contributed by atoms with Gasteiger partial charge in [-0.2, -0.15) is 0 Å². The number of rotatable bonds is 5. The molecule has 0 unspecified atom stereocenters. The smallest absolute Gasteiger partial charge is 0.195 e. The summed E-state index contributed by atoms with van der Waals surface area (Å²) < 4.78 is 5.44. The van der Waals surface area contributed by atoms with Gasteiger partial charge in [-0.05, 0) is 35.2 Å². The van der Waals surface area contributed by atoms with Crippen LogP contribution >= 0.6 is 11.6 Å². The van der Waals surface area contributed by atoms with Gasteiger partial charge < -0.3 is 9.64 Å². The van der Waals surface area contributed by atoms with Gasteiger partial charge in [0.05, 0.1) is 7.11 Å². The highest BCUT2D eigenvalue weighted by molar-refractivity contribution is 6.34. The first-order chi connectivity index (χ1) is 12.5. The van der Waals surface area contributed by atoms with Gasteiger partial charge in [0, 0.05) is 41.8 Å². The van der Waals surface area contributed by atoms with E-state index in [1.807, 2.05) is 73.7 Å². The van der Waals surface area contributed by atoms with Gasteiger partial charge in [0.25, 0.3) is 0 Å². The summed E-state index contributed by atoms with van der Waals surface area (Å²) in [5, 5.41) is 2.37. The summed E-state index contributed by atoms with van der Waals surface area (Å²) in [4.78, 5) is 15.3. The molecule has 0 aliphatic carbocycles. The van der Waals surface area contributed by atoms with Crippen molar-refractivity contribution in [3.05, 3.63) is 83.0 Å². The normalized spacial score (nSPS) is 11.5. The molecule has 26 heavy (non-hydrogen) atoms. The van der Waals surface area contributed by atoms with E-state index in [4.69, 9.17) is 16.3 Å². The van der Waals surface area contributed by atoms with E-state index in [9.17, 15) is 4.79 Å². The largest absolute Gasteiger partial charge is 0.496 e. The SMILES string of the molecule is COc1ccc(C(=O)/C(=C/N(C)C)c2cccc(Cl)c2)c2ccccc12. The molecular formula is C22H20ClNO2. The highest BCUT2D eigenvalue weighted by atomic mass is 35.5. The molecule has 0 saturated carbocycles. The molecule has 0 N–H and O–H groups in total. The predicted octanol–water partition coefficient (Wildman–Crippen LogP) is 5.29. The molecule has 3 aromatic carbocycles. The lowest BCUT2D eigenvalue weighted by molar-refractivity contribution is 0.105. The Labute approximate surface area is 158 Å². The van der Waals surface area contributed by atoms with Crippen LogP contribution in [0.25, 0.3) is 16.3 Å². The van der Waals surface area contributed by atoms with Gasteiger partial charge in [-0.1, -0.05) is 48.0 Å². The van der Waals surface area contributed by atoms with Crippen molar-refractivity contribution in [1.29, 1.82) is 0 Å². The molecule has 0 saturated heterocycles. The van der Waals surface area contributed by atoms with Crippen molar-refractivity contribution < 1.29 is 9.53 Å². The highest BCUT2D eigenvalue weighted by Crippen LogP contribution is 2.32.